The topological polar surface area (TPSA) is 78.4 Å². The van der Waals surface area contributed by atoms with E-state index in [9.17, 15) is 19.1 Å². The minimum Gasteiger partial charge on any atom is -0.393 e. The molecular formula is C16H21FN2O3. The van der Waals surface area contributed by atoms with Crippen LogP contribution in [0.4, 0.5) is 10.1 Å². The fourth-order valence-corrected chi connectivity index (χ4v) is 2.64. The van der Waals surface area contributed by atoms with Crippen molar-refractivity contribution in [2.75, 3.05) is 11.9 Å². The van der Waals surface area contributed by atoms with Gasteiger partial charge in [0.2, 0.25) is 0 Å². The first-order chi connectivity index (χ1) is 10.5. The van der Waals surface area contributed by atoms with Gasteiger partial charge in [0.05, 0.1) is 11.8 Å². The second kappa shape index (κ2) is 7.35. The van der Waals surface area contributed by atoms with E-state index < -0.39 is 23.7 Å². The molecule has 6 heteroatoms. The summed E-state index contributed by atoms with van der Waals surface area (Å²) in [6, 6.07) is 4.28. The smallest absolute Gasteiger partial charge is 0.313 e. The van der Waals surface area contributed by atoms with E-state index in [1.54, 1.807) is 13.0 Å². The maximum atomic E-state index is 13.5. The van der Waals surface area contributed by atoms with Gasteiger partial charge in [-0.2, -0.15) is 0 Å². The molecule has 1 aromatic rings. The van der Waals surface area contributed by atoms with Crippen LogP contribution in [0.15, 0.2) is 18.2 Å². The van der Waals surface area contributed by atoms with Crippen LogP contribution in [-0.2, 0) is 9.59 Å². The monoisotopic (exact) mass is 308 g/mol. The Labute approximate surface area is 128 Å². The number of aliphatic hydroxyl groups excluding tert-OH is 1. The number of aryl methyl sites for hydroxylation is 1. The summed E-state index contributed by atoms with van der Waals surface area (Å²) < 4.78 is 13.5. The molecule has 0 radical (unpaired) electrons. The second-order valence-corrected chi connectivity index (χ2v) is 5.76. The van der Waals surface area contributed by atoms with Crippen molar-refractivity contribution in [2.45, 2.75) is 38.7 Å². The van der Waals surface area contributed by atoms with Gasteiger partial charge in [0, 0.05) is 12.5 Å². The van der Waals surface area contributed by atoms with Crippen molar-refractivity contribution in [3.8, 4) is 0 Å². The maximum absolute atomic E-state index is 13.5. The van der Waals surface area contributed by atoms with Crippen molar-refractivity contribution in [1.29, 1.82) is 0 Å². The van der Waals surface area contributed by atoms with Gasteiger partial charge >= 0.3 is 11.8 Å². The van der Waals surface area contributed by atoms with E-state index in [0.717, 1.165) is 31.2 Å². The lowest BCUT2D eigenvalue weighted by Crippen LogP contribution is -2.41. The van der Waals surface area contributed by atoms with E-state index in [4.69, 9.17) is 0 Å². The standard InChI is InChI=1S/C16H21FN2O3/c1-10-6-7-12(17)13(8-10)19-16(22)15(21)18-9-11-4-2-3-5-14(11)20/h6-8,11,14,20H,2-5,9H2,1H3,(H,18,21)(H,19,22)/t11-,14-/m1/s1. The van der Waals surface area contributed by atoms with Crippen LogP contribution in [0.1, 0.15) is 31.2 Å². The molecule has 3 N–H and O–H groups in total. The predicted octanol–water partition coefficient (Wildman–Crippen LogP) is 1.74. The zero-order chi connectivity index (χ0) is 16.1. The van der Waals surface area contributed by atoms with Crippen LogP contribution in [0.2, 0.25) is 0 Å². The molecule has 5 nitrogen and oxygen atoms in total. The molecule has 2 amide bonds. The molecule has 1 aromatic carbocycles. The number of hydrogen-bond donors (Lipinski definition) is 3. The number of aliphatic hydroxyl groups is 1. The van der Waals surface area contributed by atoms with Crippen LogP contribution < -0.4 is 10.6 Å². The number of amides is 2. The minimum absolute atomic E-state index is 0.0159. The van der Waals surface area contributed by atoms with Crippen LogP contribution >= 0.6 is 0 Å². The summed E-state index contributed by atoms with van der Waals surface area (Å²) >= 11 is 0. The van der Waals surface area contributed by atoms with E-state index in [0.29, 0.717) is 0 Å². The van der Waals surface area contributed by atoms with Crippen molar-refractivity contribution in [2.24, 2.45) is 5.92 Å². The van der Waals surface area contributed by atoms with Gasteiger partial charge in [-0.15, -0.1) is 0 Å². The van der Waals surface area contributed by atoms with Gasteiger partial charge in [0.15, 0.2) is 0 Å². The van der Waals surface area contributed by atoms with E-state index in [-0.39, 0.29) is 18.2 Å². The Balaban J connectivity index is 1.86. The number of halogens is 1. The molecule has 2 atom stereocenters. The molecule has 1 saturated carbocycles. The van der Waals surface area contributed by atoms with E-state index >= 15 is 0 Å². The summed E-state index contributed by atoms with van der Waals surface area (Å²) in [5.74, 6) is -2.34. The first kappa shape index (κ1) is 16.4. The Morgan fingerprint density at radius 2 is 2.00 bits per heavy atom. The van der Waals surface area contributed by atoms with Gasteiger partial charge in [-0.25, -0.2) is 4.39 Å². The summed E-state index contributed by atoms with van der Waals surface area (Å²) in [5.41, 5.74) is 0.764. The minimum atomic E-state index is -0.908. The quantitative estimate of drug-likeness (QED) is 0.744. The Morgan fingerprint density at radius 1 is 1.27 bits per heavy atom. The van der Waals surface area contributed by atoms with Crippen molar-refractivity contribution >= 4 is 17.5 Å². The van der Waals surface area contributed by atoms with E-state index in [1.807, 2.05) is 0 Å². The van der Waals surface area contributed by atoms with Crippen LogP contribution in [0.25, 0.3) is 0 Å². The molecule has 22 heavy (non-hydrogen) atoms. The normalized spacial score (nSPS) is 21.2. The lowest BCUT2D eigenvalue weighted by Gasteiger charge is -2.27. The number of carbonyl (C=O) groups is 2. The molecule has 2 rings (SSSR count). The zero-order valence-electron chi connectivity index (χ0n) is 12.6. The number of benzene rings is 1. The number of carbonyl (C=O) groups excluding carboxylic acids is 2. The molecule has 0 aromatic heterocycles. The highest BCUT2D eigenvalue weighted by molar-refractivity contribution is 6.39. The third-order valence-electron chi connectivity index (χ3n) is 3.97. The highest BCUT2D eigenvalue weighted by Crippen LogP contribution is 2.23. The molecule has 0 aliphatic heterocycles. The molecule has 120 valence electrons. The third kappa shape index (κ3) is 4.27. The fourth-order valence-electron chi connectivity index (χ4n) is 2.64. The molecule has 0 bridgehead atoms. The molecular weight excluding hydrogens is 287 g/mol. The van der Waals surface area contributed by atoms with Crippen molar-refractivity contribution < 1.29 is 19.1 Å². The lowest BCUT2D eigenvalue weighted by molar-refractivity contribution is -0.136. The summed E-state index contributed by atoms with van der Waals surface area (Å²) in [6.07, 6.45) is 3.11. The second-order valence-electron chi connectivity index (χ2n) is 5.76. The Kier molecular flexibility index (Phi) is 5.49. The van der Waals surface area contributed by atoms with Crippen LogP contribution in [-0.4, -0.2) is 29.6 Å². The van der Waals surface area contributed by atoms with E-state index in [1.165, 1.54) is 12.1 Å². The third-order valence-corrected chi connectivity index (χ3v) is 3.97. The summed E-state index contributed by atoms with van der Waals surface area (Å²) in [6.45, 7) is 2.02. The van der Waals surface area contributed by atoms with Crippen molar-refractivity contribution in [3.63, 3.8) is 0 Å². The van der Waals surface area contributed by atoms with E-state index in [2.05, 4.69) is 10.6 Å². The molecule has 1 fully saturated rings. The first-order valence-electron chi connectivity index (χ1n) is 7.51. The van der Waals surface area contributed by atoms with Crippen molar-refractivity contribution in [3.05, 3.63) is 29.6 Å². The average Bonchev–Trinajstić information content (AvgIpc) is 2.49. The van der Waals surface area contributed by atoms with Crippen LogP contribution in [0.5, 0.6) is 0 Å². The number of nitrogens with one attached hydrogen (secondary N) is 2. The largest absolute Gasteiger partial charge is 0.393 e. The summed E-state index contributed by atoms with van der Waals surface area (Å²) in [7, 11) is 0. The Hall–Kier alpha value is -1.95. The van der Waals surface area contributed by atoms with Crippen LogP contribution in [0.3, 0.4) is 0 Å². The SMILES string of the molecule is Cc1ccc(F)c(NC(=O)C(=O)NC[C@H]2CCCC[C@H]2O)c1. The highest BCUT2D eigenvalue weighted by Gasteiger charge is 2.24. The average molecular weight is 308 g/mol. The number of rotatable bonds is 3. The molecule has 0 saturated heterocycles. The number of anilines is 1. The Morgan fingerprint density at radius 3 is 2.73 bits per heavy atom. The van der Waals surface area contributed by atoms with Gasteiger partial charge in [0.25, 0.3) is 0 Å². The molecule has 1 aliphatic rings. The number of hydrogen-bond acceptors (Lipinski definition) is 3. The van der Waals surface area contributed by atoms with Gasteiger partial charge in [-0.05, 0) is 37.5 Å². The molecule has 0 unspecified atom stereocenters. The fraction of sp³-hybridized carbons (Fsp3) is 0.500. The molecule has 0 spiro atoms. The van der Waals surface area contributed by atoms with Crippen LogP contribution in [0, 0.1) is 18.7 Å². The molecule has 1 aliphatic carbocycles. The van der Waals surface area contributed by atoms with Gasteiger partial charge in [-0.1, -0.05) is 18.9 Å². The highest BCUT2D eigenvalue weighted by atomic mass is 19.1. The van der Waals surface area contributed by atoms with Crippen molar-refractivity contribution in [1.82, 2.24) is 5.32 Å². The predicted molar refractivity (Wildman–Crippen MR) is 80.7 cm³/mol. The Bertz CT molecular complexity index is 562. The zero-order valence-corrected chi connectivity index (χ0v) is 12.6. The summed E-state index contributed by atoms with van der Waals surface area (Å²) in [4.78, 5) is 23.5. The van der Waals surface area contributed by atoms with Gasteiger partial charge in [0.1, 0.15) is 5.82 Å². The maximum Gasteiger partial charge on any atom is 0.313 e. The van der Waals surface area contributed by atoms with Gasteiger partial charge in [-0.3, -0.25) is 9.59 Å². The first-order valence-corrected chi connectivity index (χ1v) is 7.51. The summed E-state index contributed by atoms with van der Waals surface area (Å²) in [5, 5.41) is 14.6. The molecule has 0 heterocycles. The lowest BCUT2D eigenvalue weighted by atomic mass is 9.86. The van der Waals surface area contributed by atoms with Gasteiger partial charge < -0.3 is 15.7 Å².